The lowest BCUT2D eigenvalue weighted by molar-refractivity contribution is 0.177. The number of nitrogens with two attached hydrogens (primary N) is 1. The normalized spacial score (nSPS) is 29.8. The molecule has 0 radical (unpaired) electrons. The fraction of sp³-hybridized carbons (Fsp3) is 1.00. The van der Waals surface area contributed by atoms with Crippen LogP contribution in [0.15, 0.2) is 0 Å². The lowest BCUT2D eigenvalue weighted by Gasteiger charge is -2.32. The van der Waals surface area contributed by atoms with Crippen LogP contribution in [-0.2, 0) is 0 Å². The standard InChI is InChI=1S/C6H15N3.C6H14N2.C2H6/c1-5-3-9(7)4-6(2)8-5;1-7-3-5-8(2)6-4-7;1-2/h5-6,8H,3-4,7H2,1-2H3;3-6H2,1-2H3;1-2H3. The van der Waals surface area contributed by atoms with Crippen LogP contribution < -0.4 is 11.2 Å². The van der Waals surface area contributed by atoms with Gasteiger partial charge >= 0.3 is 0 Å². The van der Waals surface area contributed by atoms with Gasteiger partial charge in [0.25, 0.3) is 0 Å². The average molecular weight is 273 g/mol. The predicted molar refractivity (Wildman–Crippen MR) is 84.2 cm³/mol. The van der Waals surface area contributed by atoms with E-state index < -0.39 is 0 Å². The van der Waals surface area contributed by atoms with Gasteiger partial charge in [-0.2, -0.15) is 0 Å². The Balaban J connectivity index is 0.000000303. The summed E-state index contributed by atoms with van der Waals surface area (Å²) >= 11 is 0. The molecule has 0 bridgehead atoms. The van der Waals surface area contributed by atoms with Gasteiger partial charge in [0, 0.05) is 51.4 Å². The molecule has 0 aromatic heterocycles. The van der Waals surface area contributed by atoms with Gasteiger partial charge in [0.05, 0.1) is 0 Å². The first-order valence-electron chi connectivity index (χ1n) is 7.60. The molecular formula is C14H35N5. The molecule has 2 fully saturated rings. The highest BCUT2D eigenvalue weighted by molar-refractivity contribution is 4.77. The van der Waals surface area contributed by atoms with E-state index in [2.05, 4.69) is 43.1 Å². The molecule has 0 aromatic carbocycles. The van der Waals surface area contributed by atoms with Crippen LogP contribution in [0.3, 0.4) is 0 Å². The monoisotopic (exact) mass is 273 g/mol. The van der Waals surface area contributed by atoms with E-state index in [0.717, 1.165) is 13.1 Å². The van der Waals surface area contributed by atoms with E-state index in [1.165, 1.54) is 26.2 Å². The summed E-state index contributed by atoms with van der Waals surface area (Å²) in [6.45, 7) is 15.2. The number of nitrogens with one attached hydrogen (secondary N) is 1. The van der Waals surface area contributed by atoms with Crippen LogP contribution in [0.25, 0.3) is 0 Å². The van der Waals surface area contributed by atoms with Crippen molar-refractivity contribution in [2.45, 2.75) is 39.8 Å². The van der Waals surface area contributed by atoms with Gasteiger partial charge < -0.3 is 15.1 Å². The smallest absolute Gasteiger partial charge is 0.0280 e. The summed E-state index contributed by atoms with van der Waals surface area (Å²) in [7, 11) is 4.35. The zero-order valence-electron chi connectivity index (χ0n) is 13.8. The number of likely N-dealkylation sites (N-methyl/N-ethyl adjacent to an activating group) is 2. The van der Waals surface area contributed by atoms with Gasteiger partial charge in [0.15, 0.2) is 0 Å². The van der Waals surface area contributed by atoms with Gasteiger partial charge in [-0.15, -0.1) is 0 Å². The van der Waals surface area contributed by atoms with Crippen LogP contribution >= 0.6 is 0 Å². The number of piperazine rings is 2. The van der Waals surface area contributed by atoms with E-state index in [4.69, 9.17) is 5.84 Å². The van der Waals surface area contributed by atoms with E-state index in [1.54, 1.807) is 0 Å². The van der Waals surface area contributed by atoms with Gasteiger partial charge in [-0.1, -0.05) is 13.8 Å². The fourth-order valence-corrected chi connectivity index (χ4v) is 2.28. The van der Waals surface area contributed by atoms with Gasteiger partial charge in [0.1, 0.15) is 0 Å². The van der Waals surface area contributed by atoms with Gasteiger partial charge in [-0.3, -0.25) is 5.84 Å². The SMILES string of the molecule is CC.CC1CN(N)CC(C)N1.CN1CCN(C)CC1. The van der Waals surface area contributed by atoms with E-state index in [0.29, 0.717) is 12.1 Å². The van der Waals surface area contributed by atoms with E-state index in [-0.39, 0.29) is 0 Å². The number of rotatable bonds is 0. The lowest BCUT2D eigenvalue weighted by atomic mass is 10.2. The Labute approximate surface area is 120 Å². The Kier molecular flexibility index (Phi) is 10.5. The van der Waals surface area contributed by atoms with Crippen LogP contribution in [0.5, 0.6) is 0 Å². The maximum atomic E-state index is 5.61. The highest BCUT2D eigenvalue weighted by atomic mass is 15.4. The van der Waals surface area contributed by atoms with Crippen molar-refractivity contribution in [1.29, 1.82) is 0 Å². The third kappa shape index (κ3) is 9.35. The Bertz CT molecular complexity index is 169. The third-order valence-electron chi connectivity index (χ3n) is 3.31. The fourth-order valence-electron chi connectivity index (χ4n) is 2.28. The van der Waals surface area contributed by atoms with Crippen LogP contribution in [0.2, 0.25) is 0 Å². The molecule has 2 aliphatic rings. The average Bonchev–Trinajstić information content (AvgIpc) is 2.34. The number of hydrogen-bond donors (Lipinski definition) is 2. The van der Waals surface area contributed by atoms with Crippen LogP contribution in [0.1, 0.15) is 27.7 Å². The Morgan fingerprint density at radius 2 is 1.16 bits per heavy atom. The van der Waals surface area contributed by atoms with Gasteiger partial charge in [-0.25, -0.2) is 5.01 Å². The first-order valence-corrected chi connectivity index (χ1v) is 7.60. The number of nitrogens with zero attached hydrogens (tertiary/aromatic N) is 3. The minimum absolute atomic E-state index is 0.541. The molecule has 0 aromatic rings. The summed E-state index contributed by atoms with van der Waals surface area (Å²) in [6, 6.07) is 1.08. The quantitative estimate of drug-likeness (QED) is 0.627. The topological polar surface area (TPSA) is 47.8 Å². The molecular weight excluding hydrogens is 238 g/mol. The first kappa shape index (κ1) is 18.8. The molecule has 2 unspecified atom stereocenters. The maximum Gasteiger partial charge on any atom is 0.0280 e. The summed E-state index contributed by atoms with van der Waals surface area (Å²) < 4.78 is 0. The summed E-state index contributed by atoms with van der Waals surface area (Å²) in [5.41, 5.74) is 0. The second-order valence-corrected chi connectivity index (χ2v) is 5.53. The Hall–Kier alpha value is -0.200. The molecule has 0 saturated carbocycles. The molecule has 5 heteroatoms. The molecule has 2 heterocycles. The first-order chi connectivity index (χ1) is 8.97. The molecule has 116 valence electrons. The molecule has 2 aliphatic heterocycles. The minimum atomic E-state index is 0.541. The molecule has 0 aliphatic carbocycles. The van der Waals surface area contributed by atoms with E-state index in [1.807, 2.05) is 18.9 Å². The van der Waals surface area contributed by atoms with Crippen molar-refractivity contribution >= 4 is 0 Å². The van der Waals surface area contributed by atoms with Crippen molar-refractivity contribution in [3.05, 3.63) is 0 Å². The second kappa shape index (κ2) is 10.6. The summed E-state index contributed by atoms with van der Waals surface area (Å²) in [4.78, 5) is 4.72. The zero-order chi connectivity index (χ0) is 14.8. The van der Waals surface area contributed by atoms with Crippen molar-refractivity contribution in [1.82, 2.24) is 20.1 Å². The van der Waals surface area contributed by atoms with E-state index >= 15 is 0 Å². The lowest BCUT2D eigenvalue weighted by Crippen LogP contribution is -2.56. The highest BCUT2D eigenvalue weighted by Gasteiger charge is 2.17. The molecule has 2 rings (SSSR count). The number of hydrazine groups is 1. The molecule has 0 spiro atoms. The van der Waals surface area contributed by atoms with Crippen LogP contribution in [-0.4, -0.2) is 80.3 Å². The molecule has 3 N–H and O–H groups in total. The van der Waals surface area contributed by atoms with Crippen molar-refractivity contribution in [2.75, 3.05) is 53.4 Å². The predicted octanol–water partition coefficient (Wildman–Crippen LogP) is 0.432. The van der Waals surface area contributed by atoms with Gasteiger partial charge in [0.2, 0.25) is 0 Å². The van der Waals surface area contributed by atoms with Crippen LogP contribution in [0, 0.1) is 0 Å². The molecule has 5 nitrogen and oxygen atoms in total. The van der Waals surface area contributed by atoms with Crippen LogP contribution in [0.4, 0.5) is 0 Å². The van der Waals surface area contributed by atoms with Crippen molar-refractivity contribution < 1.29 is 0 Å². The second-order valence-electron chi connectivity index (χ2n) is 5.53. The molecule has 19 heavy (non-hydrogen) atoms. The molecule has 0 amide bonds. The molecule has 2 saturated heterocycles. The molecule has 2 atom stereocenters. The van der Waals surface area contributed by atoms with Gasteiger partial charge in [-0.05, 0) is 27.9 Å². The van der Waals surface area contributed by atoms with Crippen molar-refractivity contribution in [3.63, 3.8) is 0 Å². The summed E-state index contributed by atoms with van der Waals surface area (Å²) in [5, 5.41) is 5.25. The Morgan fingerprint density at radius 3 is 1.42 bits per heavy atom. The van der Waals surface area contributed by atoms with E-state index in [9.17, 15) is 0 Å². The maximum absolute atomic E-state index is 5.61. The van der Waals surface area contributed by atoms with Crippen molar-refractivity contribution in [2.24, 2.45) is 5.84 Å². The van der Waals surface area contributed by atoms with Crippen molar-refractivity contribution in [3.8, 4) is 0 Å². The number of hydrogen-bond acceptors (Lipinski definition) is 5. The minimum Gasteiger partial charge on any atom is -0.309 e. The zero-order valence-corrected chi connectivity index (χ0v) is 13.8. The largest absolute Gasteiger partial charge is 0.309 e. The summed E-state index contributed by atoms with van der Waals surface area (Å²) in [6.07, 6.45) is 0. The summed E-state index contributed by atoms with van der Waals surface area (Å²) in [5.74, 6) is 5.61. The highest BCUT2D eigenvalue weighted by Crippen LogP contribution is 1.97. The Morgan fingerprint density at radius 1 is 0.842 bits per heavy atom. The third-order valence-corrected chi connectivity index (χ3v) is 3.31.